The van der Waals surface area contributed by atoms with Gasteiger partial charge < -0.3 is 14.7 Å². The molecular weight excluding hydrogens is 962 g/mol. The fourth-order valence-electron chi connectivity index (χ4n) is 14.9. The number of hydrogen-bond acceptors (Lipinski definition) is 4. The second-order valence-electron chi connectivity index (χ2n) is 29.5. The van der Waals surface area contributed by atoms with Crippen molar-refractivity contribution >= 4 is 95.0 Å². The van der Waals surface area contributed by atoms with E-state index in [1.807, 2.05) is 0 Å². The molecule has 3 nitrogen and oxygen atoms in total. The second-order valence-corrected chi connectivity index (χ2v) is 30.5. The van der Waals surface area contributed by atoms with Crippen LogP contribution in [-0.2, 0) is 37.9 Å². The molecule has 0 saturated carbocycles. The lowest BCUT2D eigenvalue weighted by Crippen LogP contribution is -2.61. The maximum atomic E-state index is 2.77. The molecule has 3 aliphatic carbocycles. The first-order valence-electron chi connectivity index (χ1n) is 29.4. The predicted octanol–water partition coefficient (Wildman–Crippen LogP) is 19.1. The van der Waals surface area contributed by atoms with E-state index in [0.717, 1.165) is 29.9 Å². The Labute approximate surface area is 472 Å². The van der Waals surface area contributed by atoms with Crippen LogP contribution in [0.1, 0.15) is 187 Å². The van der Waals surface area contributed by atoms with Crippen molar-refractivity contribution in [3.63, 3.8) is 0 Å². The summed E-state index contributed by atoms with van der Waals surface area (Å²) in [6.07, 6.45) is 7.03. The van der Waals surface area contributed by atoms with Crippen LogP contribution in [0, 0.1) is 6.92 Å². The Bertz CT molecular complexity index is 3710. The van der Waals surface area contributed by atoms with Crippen LogP contribution in [0.15, 0.2) is 133 Å². The number of fused-ring (bicyclic) bond motifs is 9. The van der Waals surface area contributed by atoms with Crippen molar-refractivity contribution in [3.05, 3.63) is 178 Å². The molecular formula is C73H82BN3S. The van der Waals surface area contributed by atoms with E-state index in [9.17, 15) is 0 Å². The molecule has 3 heterocycles. The van der Waals surface area contributed by atoms with E-state index >= 15 is 0 Å². The third kappa shape index (κ3) is 7.77. The van der Waals surface area contributed by atoms with Gasteiger partial charge in [0, 0.05) is 54.7 Å². The highest BCUT2D eigenvalue weighted by Gasteiger charge is 2.50. The first-order valence-corrected chi connectivity index (χ1v) is 30.2. The Morgan fingerprint density at radius 3 is 1.38 bits per heavy atom. The van der Waals surface area contributed by atoms with Gasteiger partial charge in [-0.2, -0.15) is 0 Å². The molecule has 0 radical (unpaired) electrons. The fraction of sp³-hybridized carbons (Fsp3) is 0.397. The van der Waals surface area contributed by atoms with E-state index in [0.29, 0.717) is 0 Å². The third-order valence-corrected chi connectivity index (χ3v) is 21.5. The Morgan fingerprint density at radius 1 is 0.449 bits per heavy atom. The van der Waals surface area contributed by atoms with E-state index in [1.165, 1.54) is 130 Å². The maximum Gasteiger partial charge on any atom is 0.264 e. The standard InChI is InChI=1S/C73H82BN3S/c1-45-37-52-55(71(11,12)34-31-68(52,5)6)42-59(45)77-60-43-56-54(70(9,10)33-35-72(56,13)14)41-58(60)74-64-61(38-50(39-62(64)77)75(47-23-19-17-20-24-47)48-25-21-18-22-26-48)76(49-29-27-46(28-30-49)67(2,3)4)65-51-40-53-57(44-63(51)78-66(65)74)73(15,16)36-32-69(53,7)8/h17-30,37-44H,31-36H2,1-16H3. The Balaban J connectivity index is 1.22. The van der Waals surface area contributed by atoms with Crippen LogP contribution in [-0.4, -0.2) is 6.71 Å². The molecule has 7 aromatic carbocycles. The van der Waals surface area contributed by atoms with E-state index in [-0.39, 0.29) is 44.6 Å². The number of para-hydroxylation sites is 2. The first-order chi connectivity index (χ1) is 36.7. The highest BCUT2D eigenvalue weighted by molar-refractivity contribution is 7.33. The number of benzene rings is 7. The van der Waals surface area contributed by atoms with Crippen LogP contribution < -0.4 is 30.4 Å². The normalized spacial score (nSPS) is 19.5. The van der Waals surface area contributed by atoms with Crippen molar-refractivity contribution in [2.75, 3.05) is 14.7 Å². The minimum atomic E-state index is -0.00723. The Morgan fingerprint density at radius 2 is 0.885 bits per heavy atom. The van der Waals surface area contributed by atoms with Gasteiger partial charge >= 0.3 is 0 Å². The molecule has 0 N–H and O–H groups in total. The molecule has 78 heavy (non-hydrogen) atoms. The van der Waals surface area contributed by atoms with Gasteiger partial charge in [-0.25, -0.2) is 0 Å². The Hall–Kier alpha value is -6.04. The van der Waals surface area contributed by atoms with Crippen molar-refractivity contribution in [2.45, 2.75) is 187 Å². The molecule has 0 spiro atoms. The molecule has 5 heteroatoms. The molecule has 5 aliphatic rings. The molecule has 0 unspecified atom stereocenters. The zero-order valence-electron chi connectivity index (χ0n) is 49.8. The van der Waals surface area contributed by atoms with Crippen molar-refractivity contribution < 1.29 is 0 Å². The molecule has 398 valence electrons. The SMILES string of the molecule is Cc1cc2c(cc1N1c3cc4c(cc3B3c5sc6cc7c(cc6c5N(c5ccc(C(C)(C)C)cc5)c5cc(N(c6ccccc6)c6ccccc6)cc1c53)C(C)(C)CCC7(C)C)C(C)(C)CCC4(C)C)C(C)(C)CCC2(C)C. The molecule has 8 aromatic rings. The fourth-order valence-corrected chi connectivity index (χ4v) is 16.2. The van der Waals surface area contributed by atoms with Crippen LogP contribution in [0.3, 0.4) is 0 Å². The lowest BCUT2D eigenvalue weighted by molar-refractivity contribution is 0.331. The minimum absolute atomic E-state index is 0.00723. The van der Waals surface area contributed by atoms with Crippen molar-refractivity contribution in [2.24, 2.45) is 0 Å². The Kier molecular flexibility index (Phi) is 11.2. The molecule has 13 rings (SSSR count). The van der Waals surface area contributed by atoms with Crippen LogP contribution in [0.25, 0.3) is 10.1 Å². The van der Waals surface area contributed by atoms with Crippen LogP contribution in [0.4, 0.5) is 51.2 Å². The quantitative estimate of drug-likeness (QED) is 0.159. The minimum Gasteiger partial charge on any atom is -0.311 e. The molecule has 0 fully saturated rings. The monoisotopic (exact) mass is 1040 g/mol. The van der Waals surface area contributed by atoms with Crippen LogP contribution in [0.5, 0.6) is 0 Å². The molecule has 1 aromatic heterocycles. The van der Waals surface area contributed by atoms with Gasteiger partial charge in [-0.15, -0.1) is 11.3 Å². The van der Waals surface area contributed by atoms with Gasteiger partial charge in [0.05, 0.1) is 11.4 Å². The topological polar surface area (TPSA) is 9.72 Å². The molecule has 0 amide bonds. The van der Waals surface area contributed by atoms with Gasteiger partial charge in [-0.3, -0.25) is 0 Å². The zero-order chi connectivity index (χ0) is 55.0. The maximum absolute atomic E-state index is 2.77. The number of thiophene rings is 1. The largest absolute Gasteiger partial charge is 0.311 e. The zero-order valence-corrected chi connectivity index (χ0v) is 50.6. The van der Waals surface area contributed by atoms with Gasteiger partial charge in [-0.05, 0) is 212 Å². The van der Waals surface area contributed by atoms with Crippen LogP contribution in [0.2, 0.25) is 0 Å². The van der Waals surface area contributed by atoms with E-state index in [1.54, 1.807) is 0 Å². The molecule has 0 atom stereocenters. The summed E-state index contributed by atoms with van der Waals surface area (Å²) in [5.74, 6) is 0. The summed E-state index contributed by atoms with van der Waals surface area (Å²) >= 11 is 2.07. The number of hydrogen-bond donors (Lipinski definition) is 0. The van der Waals surface area contributed by atoms with Gasteiger partial charge in [-0.1, -0.05) is 165 Å². The van der Waals surface area contributed by atoms with Crippen LogP contribution >= 0.6 is 11.3 Å². The molecule has 2 aliphatic heterocycles. The summed E-state index contributed by atoms with van der Waals surface area (Å²) in [5.41, 5.74) is 25.9. The summed E-state index contributed by atoms with van der Waals surface area (Å²) in [6.45, 7) is 39.4. The molecule has 0 bridgehead atoms. The van der Waals surface area contributed by atoms with E-state index in [4.69, 9.17) is 0 Å². The van der Waals surface area contributed by atoms with Gasteiger partial charge in [0.1, 0.15) is 0 Å². The summed E-state index contributed by atoms with van der Waals surface area (Å²) < 4.78 is 2.84. The number of nitrogens with zero attached hydrogens (tertiary/aromatic N) is 3. The highest BCUT2D eigenvalue weighted by Crippen LogP contribution is 2.57. The highest BCUT2D eigenvalue weighted by atomic mass is 32.1. The summed E-state index contributed by atoms with van der Waals surface area (Å²) in [6, 6.07) is 53.0. The first kappa shape index (κ1) is 51.4. The van der Waals surface area contributed by atoms with Gasteiger partial charge in [0.15, 0.2) is 0 Å². The lowest BCUT2D eigenvalue weighted by Gasteiger charge is -2.48. The smallest absolute Gasteiger partial charge is 0.264 e. The summed E-state index contributed by atoms with van der Waals surface area (Å²) in [4.78, 5) is 8.00. The third-order valence-electron chi connectivity index (χ3n) is 20.3. The lowest BCUT2D eigenvalue weighted by atomic mass is 9.35. The predicted molar refractivity (Wildman–Crippen MR) is 340 cm³/mol. The molecule has 0 saturated heterocycles. The van der Waals surface area contributed by atoms with Crippen molar-refractivity contribution in [1.29, 1.82) is 0 Å². The average molecular weight is 1040 g/mol. The number of rotatable bonds is 5. The number of anilines is 9. The van der Waals surface area contributed by atoms with E-state index < -0.39 is 0 Å². The number of aryl methyl sites for hydroxylation is 1. The van der Waals surface area contributed by atoms with Crippen molar-refractivity contribution in [3.8, 4) is 0 Å². The van der Waals surface area contributed by atoms with Crippen molar-refractivity contribution in [1.82, 2.24) is 0 Å². The average Bonchev–Trinajstić information content (AvgIpc) is 3.85. The van der Waals surface area contributed by atoms with Gasteiger partial charge in [0.2, 0.25) is 0 Å². The van der Waals surface area contributed by atoms with Gasteiger partial charge in [0.25, 0.3) is 6.71 Å². The van der Waals surface area contributed by atoms with E-state index in [2.05, 4.69) is 270 Å². The summed E-state index contributed by atoms with van der Waals surface area (Å²) in [7, 11) is 0. The second kappa shape index (κ2) is 17.0. The summed E-state index contributed by atoms with van der Waals surface area (Å²) in [5, 5.41) is 1.37.